The molecule has 1 fully saturated rings. The number of methoxy groups -OCH3 is 1. The van der Waals surface area contributed by atoms with Crippen LogP contribution in [0.4, 0.5) is 5.69 Å². The molecule has 2 aromatic rings. The minimum Gasteiger partial charge on any atom is -0.497 e. The van der Waals surface area contributed by atoms with Gasteiger partial charge in [0.15, 0.2) is 0 Å². The molecule has 2 unspecified atom stereocenters. The first kappa shape index (κ1) is 22.6. The van der Waals surface area contributed by atoms with Crippen molar-refractivity contribution in [3.8, 4) is 11.5 Å². The lowest BCUT2D eigenvalue weighted by Gasteiger charge is -2.43. The quantitative estimate of drug-likeness (QED) is 0.553. The van der Waals surface area contributed by atoms with Gasteiger partial charge in [-0.2, -0.15) is 0 Å². The van der Waals surface area contributed by atoms with Gasteiger partial charge in [-0.3, -0.25) is 4.90 Å². The van der Waals surface area contributed by atoms with E-state index in [4.69, 9.17) is 18.9 Å². The molecule has 0 aromatic heterocycles. The van der Waals surface area contributed by atoms with Crippen molar-refractivity contribution in [1.29, 1.82) is 0 Å². The molecular formula is C26H34N2O4. The number of hydrogen-bond donors (Lipinski definition) is 0. The zero-order valence-electron chi connectivity index (χ0n) is 19.2. The molecule has 2 aromatic carbocycles. The van der Waals surface area contributed by atoms with Crippen molar-refractivity contribution < 1.29 is 18.9 Å². The van der Waals surface area contributed by atoms with Crippen LogP contribution in [0.1, 0.15) is 18.5 Å². The highest BCUT2D eigenvalue weighted by Gasteiger charge is 2.32. The fourth-order valence-electron chi connectivity index (χ4n) is 4.38. The molecule has 32 heavy (non-hydrogen) atoms. The summed E-state index contributed by atoms with van der Waals surface area (Å²) in [7, 11) is 1.69. The average molecular weight is 439 g/mol. The van der Waals surface area contributed by atoms with Crippen molar-refractivity contribution in [2.75, 3.05) is 64.7 Å². The fraction of sp³-hybridized carbons (Fsp3) is 0.462. The average Bonchev–Trinajstić information content (AvgIpc) is 2.84. The SMILES string of the molecule is C=C(C)COCC(CN1c2ccccc2OCC1c1ccc(OC)cc1)N1CCOCC1. The van der Waals surface area contributed by atoms with Crippen LogP contribution in [0.2, 0.25) is 0 Å². The summed E-state index contributed by atoms with van der Waals surface area (Å²) in [5.74, 6) is 1.79. The normalized spacial score (nSPS) is 19.7. The maximum Gasteiger partial charge on any atom is 0.142 e. The molecule has 0 bridgehead atoms. The van der Waals surface area contributed by atoms with Crippen LogP contribution in [0.25, 0.3) is 0 Å². The van der Waals surface area contributed by atoms with Gasteiger partial charge in [-0.1, -0.05) is 36.4 Å². The van der Waals surface area contributed by atoms with E-state index in [2.05, 4.69) is 40.6 Å². The third kappa shape index (κ3) is 5.44. The Labute approximate surface area is 191 Å². The summed E-state index contributed by atoms with van der Waals surface area (Å²) < 4.78 is 23.2. The molecule has 0 radical (unpaired) electrons. The third-order valence-corrected chi connectivity index (χ3v) is 6.08. The van der Waals surface area contributed by atoms with Crippen molar-refractivity contribution in [3.63, 3.8) is 0 Å². The first-order valence-corrected chi connectivity index (χ1v) is 11.3. The molecule has 2 aliphatic rings. The van der Waals surface area contributed by atoms with E-state index in [1.54, 1.807) is 7.11 Å². The number of rotatable bonds is 9. The Bertz CT molecular complexity index is 880. The first-order chi connectivity index (χ1) is 15.7. The monoisotopic (exact) mass is 438 g/mol. The Hall–Kier alpha value is -2.54. The molecule has 0 amide bonds. The highest BCUT2D eigenvalue weighted by molar-refractivity contribution is 5.61. The molecule has 172 valence electrons. The molecule has 6 heteroatoms. The smallest absolute Gasteiger partial charge is 0.142 e. The number of anilines is 1. The van der Waals surface area contributed by atoms with Gasteiger partial charge in [0.05, 0.1) is 51.3 Å². The minimum absolute atomic E-state index is 0.112. The second kappa shape index (κ2) is 10.9. The lowest BCUT2D eigenvalue weighted by Crippen LogP contribution is -2.52. The van der Waals surface area contributed by atoms with E-state index >= 15 is 0 Å². The predicted molar refractivity (Wildman–Crippen MR) is 127 cm³/mol. The Morgan fingerprint density at radius 3 is 2.59 bits per heavy atom. The minimum atomic E-state index is 0.112. The molecular weight excluding hydrogens is 404 g/mol. The molecule has 2 aliphatic heterocycles. The van der Waals surface area contributed by atoms with Gasteiger partial charge in [-0.15, -0.1) is 0 Å². The molecule has 0 saturated carbocycles. The van der Waals surface area contributed by atoms with Crippen LogP contribution < -0.4 is 14.4 Å². The molecule has 0 aliphatic carbocycles. The maximum absolute atomic E-state index is 6.17. The maximum atomic E-state index is 6.17. The summed E-state index contributed by atoms with van der Waals surface area (Å²) in [5, 5.41) is 0. The molecule has 2 atom stereocenters. The largest absolute Gasteiger partial charge is 0.497 e. The van der Waals surface area contributed by atoms with Gasteiger partial charge in [-0.05, 0) is 36.8 Å². The highest BCUT2D eigenvalue weighted by atomic mass is 16.5. The number of ether oxygens (including phenoxy) is 4. The summed E-state index contributed by atoms with van der Waals surface area (Å²) in [4.78, 5) is 4.97. The van der Waals surface area contributed by atoms with Crippen molar-refractivity contribution in [3.05, 3.63) is 66.2 Å². The standard InChI is InChI=1S/C26H34N2O4/c1-20(2)17-31-18-22(27-12-14-30-15-13-27)16-28-24-6-4-5-7-26(24)32-19-25(28)21-8-10-23(29-3)11-9-21/h4-11,22,25H,1,12-19H2,2-3H3. The van der Waals surface area contributed by atoms with Gasteiger partial charge >= 0.3 is 0 Å². The summed E-state index contributed by atoms with van der Waals surface area (Å²) >= 11 is 0. The molecule has 0 spiro atoms. The summed E-state index contributed by atoms with van der Waals surface area (Å²) in [6.07, 6.45) is 0. The predicted octanol–water partition coefficient (Wildman–Crippen LogP) is 3.93. The lowest BCUT2D eigenvalue weighted by atomic mass is 10.0. The number of nitrogens with zero attached hydrogens (tertiary/aromatic N) is 2. The van der Waals surface area contributed by atoms with E-state index in [1.165, 1.54) is 5.56 Å². The molecule has 4 rings (SSSR count). The van der Waals surface area contributed by atoms with Gasteiger partial charge in [0, 0.05) is 19.6 Å². The van der Waals surface area contributed by atoms with Gasteiger partial charge in [0.1, 0.15) is 18.1 Å². The van der Waals surface area contributed by atoms with Crippen molar-refractivity contribution in [1.82, 2.24) is 4.90 Å². The van der Waals surface area contributed by atoms with E-state index in [9.17, 15) is 0 Å². The molecule has 2 heterocycles. The second-order valence-corrected chi connectivity index (χ2v) is 8.49. The number of hydrogen-bond acceptors (Lipinski definition) is 6. The summed E-state index contributed by atoms with van der Waals surface area (Å²) in [6, 6.07) is 17.0. The molecule has 0 N–H and O–H groups in total. The highest BCUT2D eigenvalue weighted by Crippen LogP contribution is 2.39. The zero-order chi connectivity index (χ0) is 22.3. The van der Waals surface area contributed by atoms with Crippen LogP contribution in [0, 0.1) is 0 Å². The Kier molecular flexibility index (Phi) is 7.68. The zero-order valence-corrected chi connectivity index (χ0v) is 19.2. The number of morpholine rings is 1. The summed E-state index contributed by atoms with van der Waals surface area (Å²) in [6.45, 7) is 12.0. The Balaban J connectivity index is 1.61. The van der Waals surface area contributed by atoms with Crippen LogP contribution in [0.15, 0.2) is 60.7 Å². The van der Waals surface area contributed by atoms with E-state index < -0.39 is 0 Å². The Morgan fingerprint density at radius 2 is 1.88 bits per heavy atom. The number of fused-ring (bicyclic) bond motifs is 1. The van der Waals surface area contributed by atoms with Crippen LogP contribution in [-0.4, -0.2) is 70.7 Å². The van der Waals surface area contributed by atoms with Gasteiger partial charge < -0.3 is 23.8 Å². The number of para-hydroxylation sites is 2. The van der Waals surface area contributed by atoms with E-state index in [0.717, 1.165) is 55.6 Å². The second-order valence-electron chi connectivity index (χ2n) is 8.49. The number of benzene rings is 2. The Morgan fingerprint density at radius 1 is 1.12 bits per heavy atom. The molecule has 1 saturated heterocycles. The van der Waals surface area contributed by atoms with E-state index in [1.807, 2.05) is 31.2 Å². The lowest BCUT2D eigenvalue weighted by molar-refractivity contribution is -0.00651. The topological polar surface area (TPSA) is 43.4 Å². The van der Waals surface area contributed by atoms with Crippen LogP contribution in [0.3, 0.4) is 0 Å². The van der Waals surface area contributed by atoms with Gasteiger partial charge in [0.25, 0.3) is 0 Å². The molecule has 6 nitrogen and oxygen atoms in total. The van der Waals surface area contributed by atoms with Gasteiger partial charge in [0.2, 0.25) is 0 Å². The van der Waals surface area contributed by atoms with Crippen LogP contribution >= 0.6 is 0 Å². The van der Waals surface area contributed by atoms with Gasteiger partial charge in [-0.25, -0.2) is 0 Å². The van der Waals surface area contributed by atoms with Crippen LogP contribution in [-0.2, 0) is 9.47 Å². The van der Waals surface area contributed by atoms with Crippen molar-refractivity contribution >= 4 is 5.69 Å². The van der Waals surface area contributed by atoms with E-state index in [0.29, 0.717) is 19.8 Å². The third-order valence-electron chi connectivity index (χ3n) is 6.08. The first-order valence-electron chi connectivity index (χ1n) is 11.3. The van der Waals surface area contributed by atoms with E-state index in [-0.39, 0.29) is 12.1 Å². The van der Waals surface area contributed by atoms with Crippen molar-refractivity contribution in [2.45, 2.75) is 19.0 Å². The van der Waals surface area contributed by atoms with Crippen molar-refractivity contribution in [2.24, 2.45) is 0 Å². The summed E-state index contributed by atoms with van der Waals surface area (Å²) in [5.41, 5.74) is 3.38. The fourth-order valence-corrected chi connectivity index (χ4v) is 4.38. The van der Waals surface area contributed by atoms with Crippen LogP contribution in [0.5, 0.6) is 11.5 Å².